The van der Waals surface area contributed by atoms with E-state index in [4.69, 9.17) is 0 Å². The number of allylic oxidation sites excluding steroid dienone is 2. The highest BCUT2D eigenvalue weighted by Crippen LogP contribution is 2.25. The molecule has 0 saturated heterocycles. The van der Waals surface area contributed by atoms with Crippen LogP contribution in [0.15, 0.2) is 72.8 Å². The summed E-state index contributed by atoms with van der Waals surface area (Å²) >= 11 is 0. The molecule has 0 heterocycles. The SMILES string of the molecule is C/C=C/C(c1ccccc1)c1ccccc1. The van der Waals surface area contributed by atoms with E-state index in [0.29, 0.717) is 5.92 Å². The lowest BCUT2D eigenvalue weighted by Crippen LogP contribution is -1.96. The van der Waals surface area contributed by atoms with Crippen molar-refractivity contribution in [3.05, 3.63) is 83.9 Å². The van der Waals surface area contributed by atoms with Crippen molar-refractivity contribution in [2.75, 3.05) is 0 Å². The summed E-state index contributed by atoms with van der Waals surface area (Å²) in [5.41, 5.74) is 2.68. The minimum atomic E-state index is 0.368. The van der Waals surface area contributed by atoms with Crippen LogP contribution in [0.4, 0.5) is 0 Å². The van der Waals surface area contributed by atoms with Crippen molar-refractivity contribution < 1.29 is 0 Å². The Kier molecular flexibility index (Phi) is 3.55. The fourth-order valence-electron chi connectivity index (χ4n) is 1.93. The Balaban J connectivity index is 2.39. The van der Waals surface area contributed by atoms with Crippen LogP contribution in [0.1, 0.15) is 24.0 Å². The third-order valence-corrected chi connectivity index (χ3v) is 2.70. The third-order valence-electron chi connectivity index (χ3n) is 2.70. The predicted molar refractivity (Wildman–Crippen MR) is 69.5 cm³/mol. The van der Waals surface area contributed by atoms with Crippen molar-refractivity contribution in [2.45, 2.75) is 12.8 Å². The van der Waals surface area contributed by atoms with E-state index in [9.17, 15) is 0 Å². The van der Waals surface area contributed by atoms with Crippen LogP contribution in [0.2, 0.25) is 0 Å². The molecule has 0 fully saturated rings. The molecular weight excluding hydrogens is 192 g/mol. The maximum Gasteiger partial charge on any atom is 0.0269 e. The number of hydrogen-bond donors (Lipinski definition) is 0. The van der Waals surface area contributed by atoms with Crippen LogP contribution in [0.25, 0.3) is 0 Å². The fraction of sp³-hybridized carbons (Fsp3) is 0.125. The van der Waals surface area contributed by atoms with E-state index in [1.54, 1.807) is 0 Å². The van der Waals surface area contributed by atoms with Gasteiger partial charge in [-0.05, 0) is 18.1 Å². The lowest BCUT2D eigenvalue weighted by atomic mass is 9.91. The second-order valence-electron chi connectivity index (χ2n) is 3.82. The Morgan fingerprint density at radius 2 is 1.19 bits per heavy atom. The van der Waals surface area contributed by atoms with Crippen molar-refractivity contribution in [3.8, 4) is 0 Å². The average molecular weight is 208 g/mol. The Morgan fingerprint density at radius 3 is 1.56 bits per heavy atom. The minimum absolute atomic E-state index is 0.368. The minimum Gasteiger partial charge on any atom is -0.0907 e. The zero-order valence-corrected chi connectivity index (χ0v) is 9.51. The van der Waals surface area contributed by atoms with Gasteiger partial charge >= 0.3 is 0 Å². The number of rotatable bonds is 3. The molecule has 16 heavy (non-hydrogen) atoms. The number of hydrogen-bond acceptors (Lipinski definition) is 0. The molecule has 0 aromatic heterocycles. The van der Waals surface area contributed by atoms with Crippen LogP contribution in [-0.4, -0.2) is 0 Å². The summed E-state index contributed by atoms with van der Waals surface area (Å²) in [4.78, 5) is 0. The molecule has 0 spiro atoms. The normalized spacial score (nSPS) is 11.1. The summed E-state index contributed by atoms with van der Waals surface area (Å²) in [6.07, 6.45) is 4.36. The van der Waals surface area contributed by atoms with E-state index in [1.165, 1.54) is 11.1 Å². The van der Waals surface area contributed by atoms with Crippen molar-refractivity contribution in [1.29, 1.82) is 0 Å². The smallest absolute Gasteiger partial charge is 0.0269 e. The first-order valence-corrected chi connectivity index (χ1v) is 5.64. The summed E-state index contributed by atoms with van der Waals surface area (Å²) < 4.78 is 0. The zero-order chi connectivity index (χ0) is 11.2. The molecule has 0 heteroatoms. The molecule has 0 bridgehead atoms. The maximum absolute atomic E-state index is 2.24. The zero-order valence-electron chi connectivity index (χ0n) is 9.51. The second kappa shape index (κ2) is 5.32. The van der Waals surface area contributed by atoms with Gasteiger partial charge in [-0.15, -0.1) is 0 Å². The van der Waals surface area contributed by atoms with Crippen molar-refractivity contribution in [2.24, 2.45) is 0 Å². The first-order valence-electron chi connectivity index (χ1n) is 5.64. The number of benzene rings is 2. The molecule has 0 unspecified atom stereocenters. The average Bonchev–Trinajstić information content (AvgIpc) is 2.38. The van der Waals surface area contributed by atoms with Gasteiger partial charge in [-0.2, -0.15) is 0 Å². The van der Waals surface area contributed by atoms with Gasteiger partial charge in [-0.1, -0.05) is 72.8 Å². The van der Waals surface area contributed by atoms with E-state index in [-0.39, 0.29) is 0 Å². The van der Waals surface area contributed by atoms with E-state index < -0.39 is 0 Å². The summed E-state index contributed by atoms with van der Waals surface area (Å²) in [7, 11) is 0. The highest BCUT2D eigenvalue weighted by atomic mass is 14.1. The Bertz CT molecular complexity index is 400. The first kappa shape index (κ1) is 10.7. The summed E-state index contributed by atoms with van der Waals surface area (Å²) in [6, 6.07) is 21.2. The quantitative estimate of drug-likeness (QED) is 0.656. The maximum atomic E-state index is 2.24. The van der Waals surface area contributed by atoms with Crippen LogP contribution in [0.3, 0.4) is 0 Å². The molecule has 2 aromatic carbocycles. The van der Waals surface area contributed by atoms with Crippen LogP contribution in [-0.2, 0) is 0 Å². The molecule has 0 amide bonds. The predicted octanol–water partition coefficient (Wildman–Crippen LogP) is 4.39. The van der Waals surface area contributed by atoms with Gasteiger partial charge in [0.15, 0.2) is 0 Å². The standard InChI is InChI=1S/C16H16/c1-2-9-16(14-10-5-3-6-11-14)15-12-7-4-8-13-15/h2-13,16H,1H3/b9-2+. The molecular formula is C16H16. The van der Waals surface area contributed by atoms with Crippen molar-refractivity contribution in [3.63, 3.8) is 0 Å². The lowest BCUT2D eigenvalue weighted by Gasteiger charge is -2.13. The fourth-order valence-corrected chi connectivity index (χ4v) is 1.93. The van der Waals surface area contributed by atoms with Crippen molar-refractivity contribution in [1.82, 2.24) is 0 Å². The monoisotopic (exact) mass is 208 g/mol. The van der Waals surface area contributed by atoms with Crippen molar-refractivity contribution >= 4 is 0 Å². The van der Waals surface area contributed by atoms with Crippen LogP contribution in [0, 0.1) is 0 Å². The van der Waals surface area contributed by atoms with E-state index >= 15 is 0 Å². The van der Waals surface area contributed by atoms with Crippen LogP contribution < -0.4 is 0 Å². The van der Waals surface area contributed by atoms with Gasteiger partial charge in [0.2, 0.25) is 0 Å². The molecule has 0 nitrogen and oxygen atoms in total. The molecule has 0 aliphatic rings. The van der Waals surface area contributed by atoms with Gasteiger partial charge < -0.3 is 0 Å². The topological polar surface area (TPSA) is 0 Å². The largest absolute Gasteiger partial charge is 0.0907 e. The van der Waals surface area contributed by atoms with Crippen LogP contribution >= 0.6 is 0 Å². The van der Waals surface area contributed by atoms with Crippen LogP contribution in [0.5, 0.6) is 0 Å². The molecule has 0 aliphatic heterocycles. The van der Waals surface area contributed by atoms with Gasteiger partial charge in [-0.3, -0.25) is 0 Å². The molecule has 0 atom stereocenters. The summed E-state index contributed by atoms with van der Waals surface area (Å²) in [5, 5.41) is 0. The Morgan fingerprint density at radius 1 is 0.750 bits per heavy atom. The van der Waals surface area contributed by atoms with E-state index in [0.717, 1.165) is 0 Å². The molecule has 2 rings (SSSR count). The highest BCUT2D eigenvalue weighted by Gasteiger charge is 2.08. The molecule has 0 saturated carbocycles. The molecule has 0 radical (unpaired) electrons. The van der Waals surface area contributed by atoms with Gasteiger partial charge in [0.25, 0.3) is 0 Å². The first-order chi connectivity index (χ1) is 7.92. The van der Waals surface area contributed by atoms with E-state index in [1.807, 2.05) is 0 Å². The Hall–Kier alpha value is -1.82. The highest BCUT2D eigenvalue weighted by molar-refractivity contribution is 5.36. The molecule has 80 valence electrons. The molecule has 2 aromatic rings. The molecule has 0 N–H and O–H groups in total. The summed E-state index contributed by atoms with van der Waals surface area (Å²) in [6.45, 7) is 2.07. The van der Waals surface area contributed by atoms with Gasteiger partial charge in [0.05, 0.1) is 0 Å². The second-order valence-corrected chi connectivity index (χ2v) is 3.82. The van der Waals surface area contributed by atoms with Gasteiger partial charge in [0, 0.05) is 5.92 Å². The van der Waals surface area contributed by atoms with E-state index in [2.05, 4.69) is 79.7 Å². The van der Waals surface area contributed by atoms with Gasteiger partial charge in [-0.25, -0.2) is 0 Å². The van der Waals surface area contributed by atoms with Gasteiger partial charge in [0.1, 0.15) is 0 Å². The Labute approximate surface area is 97.3 Å². The molecule has 0 aliphatic carbocycles. The third kappa shape index (κ3) is 2.40. The summed E-state index contributed by atoms with van der Waals surface area (Å²) in [5.74, 6) is 0.368. The lowest BCUT2D eigenvalue weighted by molar-refractivity contribution is 1.02.